The van der Waals surface area contributed by atoms with Gasteiger partial charge in [-0.1, -0.05) is 18.2 Å². The summed E-state index contributed by atoms with van der Waals surface area (Å²) in [6.07, 6.45) is 2.56. The highest BCUT2D eigenvalue weighted by molar-refractivity contribution is 5.97. The zero-order valence-electron chi connectivity index (χ0n) is 16.5. The van der Waals surface area contributed by atoms with Crippen molar-refractivity contribution in [2.75, 3.05) is 31.6 Å². The molecule has 1 aromatic carbocycles. The van der Waals surface area contributed by atoms with Gasteiger partial charge in [0.25, 0.3) is 0 Å². The van der Waals surface area contributed by atoms with Crippen molar-refractivity contribution < 1.29 is 14.3 Å². The molecule has 1 fully saturated rings. The van der Waals surface area contributed by atoms with Crippen LogP contribution >= 0.6 is 0 Å². The molecule has 0 radical (unpaired) electrons. The molecule has 0 bridgehead atoms. The van der Waals surface area contributed by atoms with Gasteiger partial charge in [0.15, 0.2) is 5.79 Å². The summed E-state index contributed by atoms with van der Waals surface area (Å²) in [6.45, 7) is 9.93. The summed E-state index contributed by atoms with van der Waals surface area (Å²) in [4.78, 5) is 16.8. The smallest absolute Gasteiger partial charge is 0.246 e. The highest BCUT2D eigenvalue weighted by atomic mass is 16.7. The van der Waals surface area contributed by atoms with Crippen LogP contribution in [-0.2, 0) is 14.3 Å². The number of amides is 1. The van der Waals surface area contributed by atoms with Gasteiger partial charge in [0.05, 0.1) is 12.6 Å². The fraction of sp³-hybridized carbons (Fsp3) is 0.571. The Balaban J connectivity index is 1.94. The number of hydrogen-bond donors (Lipinski definition) is 0. The molecule has 2 atom stereocenters. The van der Waals surface area contributed by atoms with E-state index in [9.17, 15) is 4.79 Å². The topological polar surface area (TPSA) is 42.0 Å². The summed E-state index contributed by atoms with van der Waals surface area (Å²) < 4.78 is 11.9. The fourth-order valence-electron chi connectivity index (χ4n) is 3.90. The lowest BCUT2D eigenvalue weighted by Crippen LogP contribution is -2.46. The molecule has 0 aromatic heterocycles. The summed E-state index contributed by atoms with van der Waals surface area (Å²) in [6, 6.07) is 8.41. The fourth-order valence-corrected chi connectivity index (χ4v) is 3.90. The second kappa shape index (κ2) is 7.41. The van der Waals surface area contributed by atoms with Crippen molar-refractivity contribution in [3.63, 3.8) is 0 Å². The molecule has 5 heteroatoms. The third kappa shape index (κ3) is 3.64. The van der Waals surface area contributed by atoms with E-state index in [0.29, 0.717) is 6.61 Å². The molecule has 0 spiro atoms. The number of carbonyl (C=O) groups excluding carboxylic acids is 1. The molecule has 142 valence electrons. The number of likely N-dealkylation sites (N-methyl/N-ethyl adjacent to an activating group) is 2. The lowest BCUT2D eigenvalue weighted by Gasteiger charge is -2.40. The van der Waals surface area contributed by atoms with Crippen LogP contribution in [0.1, 0.15) is 39.7 Å². The molecule has 2 aliphatic heterocycles. The van der Waals surface area contributed by atoms with Crippen molar-refractivity contribution in [2.24, 2.45) is 0 Å². The van der Waals surface area contributed by atoms with E-state index < -0.39 is 5.79 Å². The molecular formula is C21H30N2O3. The van der Waals surface area contributed by atoms with Gasteiger partial charge < -0.3 is 19.3 Å². The Hall–Kier alpha value is -1.85. The molecule has 2 heterocycles. The molecule has 0 N–H and O–H groups in total. The summed E-state index contributed by atoms with van der Waals surface area (Å²) in [7, 11) is 2.10. The minimum atomic E-state index is -0.552. The van der Waals surface area contributed by atoms with Crippen LogP contribution in [0.4, 0.5) is 5.69 Å². The Bertz CT molecular complexity index is 694. The largest absolute Gasteiger partial charge is 0.368 e. The van der Waals surface area contributed by atoms with Crippen LogP contribution in [0, 0.1) is 0 Å². The molecule has 0 saturated carbocycles. The van der Waals surface area contributed by atoms with Crippen molar-refractivity contribution in [3.8, 4) is 0 Å². The number of ether oxygens (including phenoxy) is 2. The normalized spacial score (nSPS) is 26.0. The maximum absolute atomic E-state index is 12.7. The van der Waals surface area contributed by atoms with Crippen LogP contribution in [0.25, 0.3) is 5.57 Å². The number of para-hydroxylation sites is 1. The lowest BCUT2D eigenvalue weighted by atomic mass is 9.88. The SMILES string of the molecule is CCN(CC)C(=O)/C=C1\C[C@H]([C@H]2COC(C)(C)O2)N(C)c2ccccc21. The predicted octanol–water partition coefficient (Wildman–Crippen LogP) is 3.30. The molecule has 2 aliphatic rings. The third-order valence-corrected chi connectivity index (χ3v) is 5.39. The first-order chi connectivity index (χ1) is 12.4. The Morgan fingerprint density at radius 2 is 2.00 bits per heavy atom. The number of anilines is 1. The number of nitrogens with zero attached hydrogens (tertiary/aromatic N) is 2. The van der Waals surface area contributed by atoms with Gasteiger partial charge in [-0.2, -0.15) is 0 Å². The van der Waals surface area contributed by atoms with Crippen molar-refractivity contribution in [1.82, 2.24) is 4.90 Å². The summed E-state index contributed by atoms with van der Waals surface area (Å²) in [5, 5.41) is 0. The van der Waals surface area contributed by atoms with Gasteiger partial charge in [-0.05, 0) is 45.8 Å². The van der Waals surface area contributed by atoms with E-state index in [1.807, 2.05) is 50.8 Å². The monoisotopic (exact) mass is 358 g/mol. The number of rotatable bonds is 4. The maximum Gasteiger partial charge on any atom is 0.246 e. The molecular weight excluding hydrogens is 328 g/mol. The number of hydrogen-bond acceptors (Lipinski definition) is 4. The Labute approximate surface area is 156 Å². The van der Waals surface area contributed by atoms with Gasteiger partial charge in [-0.25, -0.2) is 0 Å². The molecule has 3 rings (SSSR count). The van der Waals surface area contributed by atoms with Gasteiger partial charge in [-0.3, -0.25) is 4.79 Å². The standard InChI is InChI=1S/C21H30N2O3/c1-6-23(7-2)20(24)13-15-12-18(19-14-25-21(3,4)26-19)22(5)17-11-9-8-10-16(15)17/h8-11,13,18-19H,6-7,12,14H2,1-5H3/b15-13+/t18-,19-/m1/s1. The lowest BCUT2D eigenvalue weighted by molar-refractivity contribution is -0.140. The average molecular weight is 358 g/mol. The molecule has 1 aromatic rings. The Morgan fingerprint density at radius 1 is 1.31 bits per heavy atom. The molecule has 0 unspecified atom stereocenters. The van der Waals surface area contributed by atoms with Gasteiger partial charge >= 0.3 is 0 Å². The minimum Gasteiger partial charge on any atom is -0.368 e. The summed E-state index contributed by atoms with van der Waals surface area (Å²) in [5.41, 5.74) is 3.34. The average Bonchev–Trinajstić information content (AvgIpc) is 2.98. The Morgan fingerprint density at radius 3 is 2.62 bits per heavy atom. The second-order valence-electron chi connectivity index (χ2n) is 7.45. The van der Waals surface area contributed by atoms with Gasteiger partial charge in [0.2, 0.25) is 5.91 Å². The van der Waals surface area contributed by atoms with Crippen LogP contribution < -0.4 is 4.90 Å². The van der Waals surface area contributed by atoms with Crippen molar-refractivity contribution in [1.29, 1.82) is 0 Å². The van der Waals surface area contributed by atoms with E-state index in [2.05, 4.69) is 24.1 Å². The number of fused-ring (bicyclic) bond motifs is 1. The van der Waals surface area contributed by atoms with Crippen molar-refractivity contribution in [2.45, 2.75) is 52.0 Å². The zero-order valence-corrected chi connectivity index (χ0v) is 16.5. The molecule has 0 aliphatic carbocycles. The third-order valence-electron chi connectivity index (χ3n) is 5.39. The molecule has 1 saturated heterocycles. The van der Waals surface area contributed by atoms with Crippen LogP contribution in [0.2, 0.25) is 0 Å². The quantitative estimate of drug-likeness (QED) is 0.775. The van der Waals surface area contributed by atoms with Gasteiger partial charge in [-0.15, -0.1) is 0 Å². The number of benzene rings is 1. The van der Waals surface area contributed by atoms with Crippen LogP contribution in [0.5, 0.6) is 0 Å². The first-order valence-electron chi connectivity index (χ1n) is 9.49. The Kier molecular flexibility index (Phi) is 5.39. The second-order valence-corrected chi connectivity index (χ2v) is 7.45. The van der Waals surface area contributed by atoms with Crippen molar-refractivity contribution >= 4 is 17.2 Å². The van der Waals surface area contributed by atoms with E-state index in [0.717, 1.165) is 36.3 Å². The van der Waals surface area contributed by atoms with Crippen molar-refractivity contribution in [3.05, 3.63) is 35.9 Å². The molecule has 26 heavy (non-hydrogen) atoms. The summed E-state index contributed by atoms with van der Waals surface area (Å²) >= 11 is 0. The van der Waals surface area contributed by atoms with Crippen LogP contribution in [-0.4, -0.2) is 55.5 Å². The first kappa shape index (κ1) is 18.9. The first-order valence-corrected chi connectivity index (χ1v) is 9.49. The summed E-state index contributed by atoms with van der Waals surface area (Å²) in [5.74, 6) is -0.476. The highest BCUT2D eigenvalue weighted by Gasteiger charge is 2.41. The maximum atomic E-state index is 12.7. The highest BCUT2D eigenvalue weighted by Crippen LogP contribution is 2.40. The van der Waals surface area contributed by atoms with E-state index in [-0.39, 0.29) is 18.1 Å². The van der Waals surface area contributed by atoms with E-state index in [4.69, 9.17) is 9.47 Å². The predicted molar refractivity (Wildman–Crippen MR) is 104 cm³/mol. The minimum absolute atomic E-state index is 0.0182. The van der Waals surface area contributed by atoms with Crippen LogP contribution in [0.15, 0.2) is 30.3 Å². The van der Waals surface area contributed by atoms with E-state index in [1.165, 1.54) is 0 Å². The van der Waals surface area contributed by atoms with Gasteiger partial charge in [0, 0.05) is 37.5 Å². The number of carbonyl (C=O) groups is 1. The molecule has 5 nitrogen and oxygen atoms in total. The van der Waals surface area contributed by atoms with E-state index in [1.54, 1.807) is 0 Å². The zero-order chi connectivity index (χ0) is 18.9. The van der Waals surface area contributed by atoms with Gasteiger partial charge in [0.1, 0.15) is 6.10 Å². The van der Waals surface area contributed by atoms with E-state index >= 15 is 0 Å². The molecule has 1 amide bonds. The van der Waals surface area contributed by atoms with Crippen LogP contribution in [0.3, 0.4) is 0 Å².